The number of ether oxygens (including phenoxy) is 1. The van der Waals surface area contributed by atoms with Crippen LogP contribution in [0.3, 0.4) is 0 Å². The molecule has 0 aliphatic heterocycles. The third-order valence-electron chi connectivity index (χ3n) is 3.67. The minimum Gasteiger partial charge on any atom is -0.490 e. The zero-order chi connectivity index (χ0) is 18.7. The lowest BCUT2D eigenvalue weighted by atomic mass is 10.1. The van der Waals surface area contributed by atoms with E-state index in [2.05, 4.69) is 15.9 Å². The lowest BCUT2D eigenvalue weighted by molar-refractivity contribution is 0.112. The van der Waals surface area contributed by atoms with Gasteiger partial charge in [-0.1, -0.05) is 30.3 Å². The fourth-order valence-electron chi connectivity index (χ4n) is 2.48. The van der Waals surface area contributed by atoms with E-state index in [0.29, 0.717) is 22.9 Å². The standard InChI is InChI=1S/C19H15BrO5S/c1-2-24-18-10-13(12-21)9-17(20)19(18)25-26(22,23)16-8-7-14-5-3-4-6-15(14)11-16/h3-12H,2H2,1H3. The minimum atomic E-state index is -4.09. The van der Waals surface area contributed by atoms with Gasteiger partial charge in [-0.2, -0.15) is 8.42 Å². The van der Waals surface area contributed by atoms with Crippen molar-refractivity contribution in [3.8, 4) is 11.5 Å². The number of hydrogen-bond acceptors (Lipinski definition) is 5. The topological polar surface area (TPSA) is 69.7 Å². The first-order valence-electron chi connectivity index (χ1n) is 7.79. The summed E-state index contributed by atoms with van der Waals surface area (Å²) in [5.74, 6) is 0.180. The molecule has 134 valence electrons. The molecule has 3 rings (SSSR count). The van der Waals surface area contributed by atoms with Crippen LogP contribution in [0.1, 0.15) is 17.3 Å². The molecule has 0 amide bonds. The van der Waals surface area contributed by atoms with Crippen LogP contribution in [0, 0.1) is 0 Å². The molecule has 0 aromatic heterocycles. The van der Waals surface area contributed by atoms with Gasteiger partial charge in [-0.3, -0.25) is 4.79 Å². The van der Waals surface area contributed by atoms with Crippen LogP contribution in [-0.2, 0) is 10.1 Å². The van der Waals surface area contributed by atoms with Gasteiger partial charge in [-0.15, -0.1) is 0 Å². The number of fused-ring (bicyclic) bond motifs is 1. The van der Waals surface area contributed by atoms with E-state index in [1.54, 1.807) is 19.1 Å². The van der Waals surface area contributed by atoms with Crippen molar-refractivity contribution in [1.29, 1.82) is 0 Å². The van der Waals surface area contributed by atoms with Crippen LogP contribution in [0.2, 0.25) is 0 Å². The van der Waals surface area contributed by atoms with Gasteiger partial charge in [0.15, 0.2) is 11.5 Å². The van der Waals surface area contributed by atoms with Gasteiger partial charge < -0.3 is 8.92 Å². The van der Waals surface area contributed by atoms with Gasteiger partial charge in [0.05, 0.1) is 11.1 Å². The van der Waals surface area contributed by atoms with Crippen molar-refractivity contribution in [3.63, 3.8) is 0 Å². The number of aldehydes is 1. The number of rotatable bonds is 6. The molecule has 0 atom stereocenters. The Morgan fingerprint density at radius 2 is 1.77 bits per heavy atom. The van der Waals surface area contributed by atoms with Gasteiger partial charge in [0.25, 0.3) is 0 Å². The number of hydrogen-bond donors (Lipinski definition) is 0. The van der Waals surface area contributed by atoms with Gasteiger partial charge in [-0.05, 0) is 57.9 Å². The van der Waals surface area contributed by atoms with Crippen LogP contribution < -0.4 is 8.92 Å². The third kappa shape index (κ3) is 3.73. The van der Waals surface area contributed by atoms with E-state index in [1.807, 2.05) is 24.3 Å². The lowest BCUT2D eigenvalue weighted by Crippen LogP contribution is -2.11. The summed E-state index contributed by atoms with van der Waals surface area (Å²) in [6.07, 6.45) is 0.648. The number of carbonyl (C=O) groups excluding carboxylic acids is 1. The quantitative estimate of drug-likeness (QED) is 0.419. The summed E-state index contributed by atoms with van der Waals surface area (Å²) in [5.41, 5.74) is 0.343. The summed E-state index contributed by atoms with van der Waals surface area (Å²) < 4.78 is 36.6. The molecule has 5 nitrogen and oxygen atoms in total. The van der Waals surface area contributed by atoms with Crippen molar-refractivity contribution in [2.75, 3.05) is 6.61 Å². The van der Waals surface area contributed by atoms with Crippen molar-refractivity contribution < 1.29 is 22.1 Å². The molecule has 0 saturated carbocycles. The Morgan fingerprint density at radius 3 is 2.46 bits per heavy atom. The van der Waals surface area contributed by atoms with Crippen LogP contribution in [0.15, 0.2) is 64.0 Å². The first kappa shape index (κ1) is 18.4. The predicted molar refractivity (Wildman–Crippen MR) is 102 cm³/mol. The van der Waals surface area contributed by atoms with Crippen molar-refractivity contribution in [2.45, 2.75) is 11.8 Å². The van der Waals surface area contributed by atoms with Crippen molar-refractivity contribution in [3.05, 3.63) is 64.6 Å². The average molecular weight is 435 g/mol. The highest BCUT2D eigenvalue weighted by atomic mass is 79.9. The van der Waals surface area contributed by atoms with Crippen molar-refractivity contribution in [1.82, 2.24) is 0 Å². The summed E-state index contributed by atoms with van der Waals surface area (Å²) in [4.78, 5) is 11.1. The summed E-state index contributed by atoms with van der Waals surface area (Å²) in [6, 6.07) is 15.1. The number of benzene rings is 3. The average Bonchev–Trinajstić information content (AvgIpc) is 2.64. The van der Waals surface area contributed by atoms with Gasteiger partial charge >= 0.3 is 10.1 Å². The molecular formula is C19H15BrO5S. The zero-order valence-corrected chi connectivity index (χ0v) is 16.2. The second-order valence-electron chi connectivity index (χ2n) is 5.43. The molecule has 3 aromatic rings. The molecule has 7 heteroatoms. The monoisotopic (exact) mass is 434 g/mol. The third-order valence-corrected chi connectivity index (χ3v) is 5.48. The maximum absolute atomic E-state index is 12.7. The second-order valence-corrected chi connectivity index (χ2v) is 7.83. The highest BCUT2D eigenvalue weighted by Gasteiger charge is 2.22. The van der Waals surface area contributed by atoms with E-state index in [1.165, 1.54) is 18.2 Å². The first-order valence-corrected chi connectivity index (χ1v) is 9.99. The molecule has 0 spiro atoms. The van der Waals surface area contributed by atoms with Gasteiger partial charge in [0, 0.05) is 5.56 Å². The Morgan fingerprint density at radius 1 is 1.04 bits per heavy atom. The van der Waals surface area contributed by atoms with Crippen LogP contribution in [0.5, 0.6) is 11.5 Å². The van der Waals surface area contributed by atoms with Crippen LogP contribution in [-0.4, -0.2) is 21.3 Å². The summed E-state index contributed by atoms with van der Waals surface area (Å²) in [5, 5.41) is 1.72. The largest absolute Gasteiger partial charge is 0.490 e. The summed E-state index contributed by atoms with van der Waals surface area (Å²) in [6.45, 7) is 2.05. The van der Waals surface area contributed by atoms with E-state index in [0.717, 1.165) is 10.8 Å². The number of carbonyl (C=O) groups is 1. The fraction of sp³-hybridized carbons (Fsp3) is 0.105. The molecule has 0 aliphatic rings. The molecule has 0 fully saturated rings. The second kappa shape index (κ2) is 7.47. The number of halogens is 1. The van der Waals surface area contributed by atoms with Crippen LogP contribution in [0.25, 0.3) is 10.8 Å². The molecule has 3 aromatic carbocycles. The molecule has 0 N–H and O–H groups in total. The van der Waals surface area contributed by atoms with Crippen LogP contribution in [0.4, 0.5) is 0 Å². The Labute approximate surface area is 159 Å². The van der Waals surface area contributed by atoms with Crippen molar-refractivity contribution in [2.24, 2.45) is 0 Å². The normalized spacial score (nSPS) is 11.3. The van der Waals surface area contributed by atoms with Crippen LogP contribution >= 0.6 is 15.9 Å². The van der Waals surface area contributed by atoms with E-state index in [4.69, 9.17) is 8.92 Å². The molecule has 0 heterocycles. The molecule has 0 unspecified atom stereocenters. The maximum Gasteiger partial charge on any atom is 0.339 e. The Balaban J connectivity index is 2.04. The van der Waals surface area contributed by atoms with Gasteiger partial charge in [0.1, 0.15) is 11.2 Å². The predicted octanol–water partition coefficient (Wildman–Crippen LogP) is 4.58. The zero-order valence-electron chi connectivity index (χ0n) is 13.8. The highest BCUT2D eigenvalue weighted by molar-refractivity contribution is 9.10. The minimum absolute atomic E-state index is 0.00519. The highest BCUT2D eigenvalue weighted by Crippen LogP contribution is 2.38. The Kier molecular flexibility index (Phi) is 5.29. The van der Waals surface area contributed by atoms with Gasteiger partial charge in [-0.25, -0.2) is 0 Å². The molecular weight excluding hydrogens is 420 g/mol. The molecule has 0 saturated heterocycles. The molecule has 0 radical (unpaired) electrons. The van der Waals surface area contributed by atoms with Crippen molar-refractivity contribution >= 4 is 43.1 Å². The lowest BCUT2D eigenvalue weighted by Gasteiger charge is -2.14. The Hall–Kier alpha value is -2.38. The van der Waals surface area contributed by atoms with E-state index < -0.39 is 10.1 Å². The first-order chi connectivity index (χ1) is 12.4. The smallest absolute Gasteiger partial charge is 0.339 e. The molecule has 0 aliphatic carbocycles. The van der Waals surface area contributed by atoms with E-state index in [-0.39, 0.29) is 16.4 Å². The Bertz CT molecular complexity index is 1080. The van der Waals surface area contributed by atoms with Gasteiger partial charge in [0.2, 0.25) is 0 Å². The fourth-order valence-corrected chi connectivity index (χ4v) is 4.12. The molecule has 26 heavy (non-hydrogen) atoms. The summed E-state index contributed by atoms with van der Waals surface area (Å²) in [7, 11) is -4.09. The molecule has 0 bridgehead atoms. The SMILES string of the molecule is CCOc1cc(C=O)cc(Br)c1OS(=O)(=O)c1ccc2ccccc2c1. The van der Waals surface area contributed by atoms with E-state index in [9.17, 15) is 13.2 Å². The summed E-state index contributed by atoms with van der Waals surface area (Å²) >= 11 is 3.25. The van der Waals surface area contributed by atoms with E-state index >= 15 is 0 Å². The maximum atomic E-state index is 12.7.